The summed E-state index contributed by atoms with van der Waals surface area (Å²) in [7, 11) is 0. The number of hydrogen-bond donors (Lipinski definition) is 2. The zero-order chi connectivity index (χ0) is 12.6. The lowest BCUT2D eigenvalue weighted by Gasteiger charge is -2.26. The van der Waals surface area contributed by atoms with Crippen molar-refractivity contribution in [3.63, 3.8) is 0 Å². The van der Waals surface area contributed by atoms with Crippen LogP contribution in [0.5, 0.6) is 0 Å². The first-order valence-electron chi connectivity index (χ1n) is 7.11. The van der Waals surface area contributed by atoms with Crippen LogP contribution in [0.3, 0.4) is 0 Å². The molecule has 2 fully saturated rings. The number of hydrogen-bond acceptors (Lipinski definition) is 2. The quantitative estimate of drug-likeness (QED) is 0.807. The van der Waals surface area contributed by atoms with Gasteiger partial charge < -0.3 is 10.4 Å². The van der Waals surface area contributed by atoms with Crippen molar-refractivity contribution in [1.82, 2.24) is 5.32 Å². The van der Waals surface area contributed by atoms with E-state index in [1.165, 1.54) is 25.7 Å². The third-order valence-corrected chi connectivity index (χ3v) is 4.68. The van der Waals surface area contributed by atoms with Crippen LogP contribution in [0, 0.1) is 11.3 Å². The van der Waals surface area contributed by atoms with Crippen LogP contribution < -0.4 is 5.32 Å². The van der Waals surface area contributed by atoms with Crippen molar-refractivity contribution >= 4 is 0 Å². The van der Waals surface area contributed by atoms with E-state index < -0.39 is 5.60 Å². The minimum Gasteiger partial charge on any atom is -0.384 e. The molecule has 1 unspecified atom stereocenters. The molecule has 2 aliphatic rings. The predicted octanol–water partition coefficient (Wildman–Crippen LogP) is 2.67. The standard InChI is InChI=1S/C16H23NO/c1-15(18,13-5-3-2-4-6-13)11-17-12-16(9-10-16)14-7-8-14/h2-6,14,17-18H,7-12H2,1H3. The van der Waals surface area contributed by atoms with E-state index in [4.69, 9.17) is 0 Å². The fourth-order valence-electron chi connectivity index (χ4n) is 3.04. The van der Waals surface area contributed by atoms with Gasteiger partial charge in [0.25, 0.3) is 0 Å². The fraction of sp³-hybridized carbons (Fsp3) is 0.625. The van der Waals surface area contributed by atoms with Crippen LogP contribution in [0.2, 0.25) is 0 Å². The monoisotopic (exact) mass is 245 g/mol. The second-order valence-corrected chi connectivity index (χ2v) is 6.38. The summed E-state index contributed by atoms with van der Waals surface area (Å²) in [5.74, 6) is 0.978. The molecule has 2 heteroatoms. The van der Waals surface area contributed by atoms with Crippen molar-refractivity contribution < 1.29 is 5.11 Å². The summed E-state index contributed by atoms with van der Waals surface area (Å²) in [5.41, 5.74) is 0.835. The van der Waals surface area contributed by atoms with E-state index >= 15 is 0 Å². The van der Waals surface area contributed by atoms with E-state index in [0.29, 0.717) is 12.0 Å². The van der Waals surface area contributed by atoms with Crippen molar-refractivity contribution in [3.05, 3.63) is 35.9 Å². The summed E-state index contributed by atoms with van der Waals surface area (Å²) in [5, 5.41) is 14.0. The Morgan fingerprint density at radius 2 is 1.94 bits per heavy atom. The Morgan fingerprint density at radius 1 is 1.28 bits per heavy atom. The molecular weight excluding hydrogens is 222 g/mol. The Hall–Kier alpha value is -0.860. The molecule has 0 aromatic heterocycles. The lowest BCUT2D eigenvalue weighted by Crippen LogP contribution is -2.38. The molecule has 0 spiro atoms. The molecule has 2 saturated carbocycles. The predicted molar refractivity (Wildman–Crippen MR) is 73.3 cm³/mol. The van der Waals surface area contributed by atoms with Gasteiger partial charge in [-0.15, -0.1) is 0 Å². The van der Waals surface area contributed by atoms with Crippen LogP contribution in [0.1, 0.15) is 38.2 Å². The molecule has 1 aromatic rings. The first-order valence-corrected chi connectivity index (χ1v) is 7.11. The smallest absolute Gasteiger partial charge is 0.0992 e. The normalized spacial score (nSPS) is 24.6. The van der Waals surface area contributed by atoms with Crippen LogP contribution in [-0.4, -0.2) is 18.2 Å². The Kier molecular flexibility index (Phi) is 2.95. The van der Waals surface area contributed by atoms with Crippen LogP contribution in [0.4, 0.5) is 0 Å². The molecule has 98 valence electrons. The summed E-state index contributed by atoms with van der Waals surface area (Å²) >= 11 is 0. The van der Waals surface area contributed by atoms with Crippen LogP contribution in [0.25, 0.3) is 0 Å². The minimum atomic E-state index is -0.763. The van der Waals surface area contributed by atoms with Crippen LogP contribution in [0.15, 0.2) is 30.3 Å². The summed E-state index contributed by atoms with van der Waals surface area (Å²) in [4.78, 5) is 0. The third kappa shape index (κ3) is 2.45. The molecule has 2 aliphatic carbocycles. The van der Waals surface area contributed by atoms with Gasteiger partial charge in [0.1, 0.15) is 0 Å². The highest BCUT2D eigenvalue weighted by atomic mass is 16.3. The van der Waals surface area contributed by atoms with Crippen molar-refractivity contribution in [2.75, 3.05) is 13.1 Å². The Labute approximate surface area is 109 Å². The van der Waals surface area contributed by atoms with Crippen LogP contribution in [-0.2, 0) is 5.60 Å². The second kappa shape index (κ2) is 4.36. The molecule has 0 bridgehead atoms. The van der Waals surface area contributed by atoms with Gasteiger partial charge in [0.15, 0.2) is 0 Å². The van der Waals surface area contributed by atoms with Gasteiger partial charge in [-0.05, 0) is 49.5 Å². The summed E-state index contributed by atoms with van der Waals surface area (Å²) in [6.45, 7) is 3.62. The summed E-state index contributed by atoms with van der Waals surface area (Å²) in [6.07, 6.45) is 5.63. The maximum absolute atomic E-state index is 10.5. The molecule has 0 radical (unpaired) electrons. The Bertz CT molecular complexity index is 404. The van der Waals surface area contributed by atoms with Gasteiger partial charge in [-0.1, -0.05) is 30.3 Å². The molecule has 0 amide bonds. The van der Waals surface area contributed by atoms with Crippen molar-refractivity contribution in [2.45, 2.75) is 38.2 Å². The third-order valence-electron chi connectivity index (χ3n) is 4.68. The highest BCUT2D eigenvalue weighted by Crippen LogP contribution is 2.60. The van der Waals surface area contributed by atoms with Gasteiger partial charge in [-0.25, -0.2) is 0 Å². The topological polar surface area (TPSA) is 32.3 Å². The summed E-state index contributed by atoms with van der Waals surface area (Å²) in [6, 6.07) is 9.94. The van der Waals surface area contributed by atoms with Gasteiger partial charge in [-0.2, -0.15) is 0 Å². The molecule has 0 heterocycles. The van der Waals surface area contributed by atoms with E-state index in [1.807, 2.05) is 37.3 Å². The van der Waals surface area contributed by atoms with Gasteiger partial charge >= 0.3 is 0 Å². The molecule has 2 N–H and O–H groups in total. The molecule has 1 atom stereocenters. The highest BCUT2D eigenvalue weighted by Gasteiger charge is 2.53. The Balaban J connectivity index is 1.53. The number of rotatable bonds is 6. The first kappa shape index (κ1) is 12.2. The molecule has 18 heavy (non-hydrogen) atoms. The average molecular weight is 245 g/mol. The zero-order valence-electron chi connectivity index (χ0n) is 11.2. The van der Waals surface area contributed by atoms with Crippen molar-refractivity contribution in [2.24, 2.45) is 11.3 Å². The first-order chi connectivity index (χ1) is 8.62. The second-order valence-electron chi connectivity index (χ2n) is 6.38. The lowest BCUT2D eigenvalue weighted by molar-refractivity contribution is 0.0553. The average Bonchev–Trinajstić information content (AvgIpc) is 3.23. The maximum Gasteiger partial charge on any atom is 0.0992 e. The number of nitrogens with one attached hydrogen (secondary N) is 1. The fourth-order valence-corrected chi connectivity index (χ4v) is 3.04. The Morgan fingerprint density at radius 3 is 2.50 bits per heavy atom. The molecule has 1 aromatic carbocycles. The van der Waals surface area contributed by atoms with Gasteiger partial charge in [0.2, 0.25) is 0 Å². The van der Waals surface area contributed by atoms with Crippen molar-refractivity contribution in [3.8, 4) is 0 Å². The molecule has 2 nitrogen and oxygen atoms in total. The molecule has 0 saturated heterocycles. The molecular formula is C16H23NO. The lowest BCUT2D eigenvalue weighted by atomic mass is 9.95. The van der Waals surface area contributed by atoms with Crippen LogP contribution >= 0.6 is 0 Å². The van der Waals surface area contributed by atoms with Crippen molar-refractivity contribution in [1.29, 1.82) is 0 Å². The van der Waals surface area contributed by atoms with E-state index in [1.54, 1.807) is 0 Å². The maximum atomic E-state index is 10.5. The zero-order valence-corrected chi connectivity index (χ0v) is 11.2. The SMILES string of the molecule is CC(O)(CNCC1(C2CC2)CC1)c1ccccc1. The van der Waals surface area contributed by atoms with E-state index in [2.05, 4.69) is 5.32 Å². The van der Waals surface area contributed by atoms with Gasteiger partial charge in [-0.3, -0.25) is 0 Å². The van der Waals surface area contributed by atoms with E-state index in [-0.39, 0.29) is 0 Å². The highest BCUT2D eigenvalue weighted by molar-refractivity contribution is 5.21. The summed E-state index contributed by atoms with van der Waals surface area (Å²) < 4.78 is 0. The molecule has 0 aliphatic heterocycles. The van der Waals surface area contributed by atoms with Gasteiger partial charge in [0, 0.05) is 13.1 Å². The largest absolute Gasteiger partial charge is 0.384 e. The van der Waals surface area contributed by atoms with Gasteiger partial charge in [0.05, 0.1) is 5.60 Å². The molecule has 3 rings (SSSR count). The van der Waals surface area contributed by atoms with E-state index in [0.717, 1.165) is 18.0 Å². The number of aliphatic hydroxyl groups is 1. The van der Waals surface area contributed by atoms with E-state index in [9.17, 15) is 5.11 Å². The minimum absolute atomic E-state index is 0.604. The number of benzene rings is 1.